The predicted molar refractivity (Wildman–Crippen MR) is 352 cm³/mol. The van der Waals surface area contributed by atoms with E-state index in [4.69, 9.17) is 0 Å². The molecule has 0 spiro atoms. The highest BCUT2D eigenvalue weighted by Gasteiger charge is 2.22. The molecule has 0 saturated heterocycles. The Bertz CT molecular complexity index is 4740. The molecule has 0 N–H and O–H groups in total. The highest BCUT2D eigenvalue weighted by Crippen LogP contribution is 2.48. The van der Waals surface area contributed by atoms with E-state index in [1.807, 2.05) is 0 Å². The van der Waals surface area contributed by atoms with Crippen molar-refractivity contribution in [2.75, 3.05) is 9.80 Å². The van der Waals surface area contributed by atoms with Gasteiger partial charge in [-0.3, -0.25) is 0 Å². The molecule has 16 aromatic rings. The largest absolute Gasteiger partial charge is 0.310 e. The van der Waals surface area contributed by atoms with Gasteiger partial charge in [0.25, 0.3) is 0 Å². The first-order chi connectivity index (χ1) is 40.7. The van der Waals surface area contributed by atoms with Gasteiger partial charge in [0.2, 0.25) is 0 Å². The Balaban J connectivity index is 0.836. The fourth-order valence-corrected chi connectivity index (χ4v) is 13.1. The fraction of sp³-hybridized carbons (Fsp3) is 0. The number of fused-ring (bicyclic) bond motifs is 8. The molecule has 0 bridgehead atoms. The van der Waals surface area contributed by atoms with Crippen LogP contribution in [0.5, 0.6) is 0 Å². The lowest BCUT2D eigenvalue weighted by atomic mass is 9.87. The van der Waals surface area contributed by atoms with Crippen LogP contribution in [0.15, 0.2) is 315 Å². The zero-order valence-corrected chi connectivity index (χ0v) is 44.9. The average Bonchev–Trinajstić information content (AvgIpc) is 3.73. The molecule has 0 radical (unpaired) electrons. The molecule has 0 aliphatic rings. The average molecular weight is 1040 g/mol. The van der Waals surface area contributed by atoms with E-state index in [-0.39, 0.29) is 0 Å². The van der Waals surface area contributed by atoms with Gasteiger partial charge < -0.3 is 9.80 Å². The Hall–Kier alpha value is -10.8. The predicted octanol–water partition coefficient (Wildman–Crippen LogP) is 22.9. The number of anilines is 6. The smallest absolute Gasteiger partial charge is 0.0540 e. The van der Waals surface area contributed by atoms with Crippen molar-refractivity contribution >= 4 is 120 Å². The van der Waals surface area contributed by atoms with E-state index >= 15 is 0 Å². The summed E-state index contributed by atoms with van der Waals surface area (Å²) in [7, 11) is 0. The Morgan fingerprint density at radius 1 is 0.146 bits per heavy atom. The standard InChI is InChI=1S/C80H52N2/c1-5-29-61(30-6-1)81(62-31-7-2-8-32-62)79-43-41-69(75-45-53-21-13-15-23-55(53)47-77(75)79)67-39-19-27-59-49-71-57(51-73(59)67)25-17-37-65(71)66-38-18-26-58-52-74-60(50-72(58)66)28-20-40-68(74)70-42-44-80(78-48-56-24-16-14-22-54(56)46-76(70)78)82(63-33-9-3-10-34-63)64-35-11-4-12-36-64/h1-52H. The number of rotatable bonds is 9. The number of nitrogens with zero attached hydrogens (tertiary/aromatic N) is 2. The van der Waals surface area contributed by atoms with E-state index in [1.165, 1.54) is 120 Å². The number of hydrogen-bond acceptors (Lipinski definition) is 2. The Kier molecular flexibility index (Phi) is 11.2. The van der Waals surface area contributed by atoms with Crippen LogP contribution >= 0.6 is 0 Å². The second-order valence-corrected chi connectivity index (χ2v) is 21.6. The summed E-state index contributed by atoms with van der Waals surface area (Å²) in [6.07, 6.45) is 0. The Morgan fingerprint density at radius 3 is 0.646 bits per heavy atom. The van der Waals surface area contributed by atoms with Gasteiger partial charge in [0.05, 0.1) is 11.4 Å². The molecule has 0 aliphatic heterocycles. The second kappa shape index (κ2) is 19.5. The van der Waals surface area contributed by atoms with Crippen LogP contribution in [0.25, 0.3) is 120 Å². The first-order valence-corrected chi connectivity index (χ1v) is 28.3. The lowest BCUT2D eigenvalue weighted by Gasteiger charge is -2.27. The SMILES string of the molecule is c1ccc(N(c2ccccc2)c2ccc(-c3cccc4cc5c(-c6cccc7cc8c(-c9ccc(N(c%10ccccc%10)c%10ccccc%10)c%10cc%11ccccc%11cc9%10)cccc8cc67)cccc5cc34)c3cc4ccccc4cc23)cc1. The molecule has 0 atom stereocenters. The molecule has 16 aromatic carbocycles. The van der Waals surface area contributed by atoms with Crippen molar-refractivity contribution in [3.05, 3.63) is 315 Å². The Morgan fingerprint density at radius 2 is 0.366 bits per heavy atom. The van der Waals surface area contributed by atoms with Crippen molar-refractivity contribution in [1.29, 1.82) is 0 Å². The van der Waals surface area contributed by atoms with Gasteiger partial charge in [-0.1, -0.05) is 206 Å². The molecule has 0 heterocycles. The van der Waals surface area contributed by atoms with Crippen LogP contribution in [-0.2, 0) is 0 Å². The minimum atomic E-state index is 1.12. The number of benzene rings is 16. The maximum atomic E-state index is 2.43. The van der Waals surface area contributed by atoms with E-state index in [0.717, 1.165) is 34.1 Å². The summed E-state index contributed by atoms with van der Waals surface area (Å²) in [6.45, 7) is 0. The zero-order chi connectivity index (χ0) is 54.1. The third-order valence-electron chi connectivity index (χ3n) is 16.9. The van der Waals surface area contributed by atoms with Gasteiger partial charge in [0, 0.05) is 33.5 Å². The summed E-state index contributed by atoms with van der Waals surface area (Å²) in [4.78, 5) is 4.78. The molecule has 382 valence electrons. The normalized spacial score (nSPS) is 11.7. The van der Waals surface area contributed by atoms with E-state index in [2.05, 4.69) is 325 Å². The highest BCUT2D eigenvalue weighted by molar-refractivity contribution is 6.20. The van der Waals surface area contributed by atoms with E-state index in [9.17, 15) is 0 Å². The zero-order valence-electron chi connectivity index (χ0n) is 44.9. The van der Waals surface area contributed by atoms with Crippen LogP contribution in [0.3, 0.4) is 0 Å². The molecule has 0 aromatic heterocycles. The quantitative estimate of drug-likeness (QED) is 0.133. The van der Waals surface area contributed by atoms with Gasteiger partial charge in [-0.05, 0) is 218 Å². The molecule has 0 saturated carbocycles. The maximum absolute atomic E-state index is 2.43. The Labute approximate surface area is 476 Å². The van der Waals surface area contributed by atoms with Gasteiger partial charge >= 0.3 is 0 Å². The molecule has 16 rings (SSSR count). The molecule has 0 amide bonds. The molecular weight excluding hydrogens is 989 g/mol. The lowest BCUT2D eigenvalue weighted by Crippen LogP contribution is -2.10. The van der Waals surface area contributed by atoms with Crippen LogP contribution in [0.4, 0.5) is 34.1 Å². The summed E-state index contributed by atoms with van der Waals surface area (Å²) < 4.78 is 0. The van der Waals surface area contributed by atoms with Crippen molar-refractivity contribution in [2.24, 2.45) is 0 Å². The molecule has 82 heavy (non-hydrogen) atoms. The molecule has 0 unspecified atom stereocenters. The lowest BCUT2D eigenvalue weighted by molar-refractivity contribution is 1.30. The number of para-hydroxylation sites is 4. The van der Waals surface area contributed by atoms with E-state index < -0.39 is 0 Å². The van der Waals surface area contributed by atoms with Crippen LogP contribution in [-0.4, -0.2) is 0 Å². The second-order valence-electron chi connectivity index (χ2n) is 21.6. The summed E-state index contributed by atoms with van der Waals surface area (Å²) >= 11 is 0. The minimum absolute atomic E-state index is 1.12. The van der Waals surface area contributed by atoms with E-state index in [0.29, 0.717) is 0 Å². The van der Waals surface area contributed by atoms with Crippen LogP contribution < -0.4 is 9.80 Å². The van der Waals surface area contributed by atoms with Crippen molar-refractivity contribution < 1.29 is 0 Å². The van der Waals surface area contributed by atoms with Crippen LogP contribution in [0, 0.1) is 0 Å². The van der Waals surface area contributed by atoms with Gasteiger partial charge in [0.1, 0.15) is 0 Å². The molecule has 2 nitrogen and oxygen atoms in total. The maximum Gasteiger partial charge on any atom is 0.0540 e. The summed E-state index contributed by atoms with van der Waals surface area (Å²) in [5.41, 5.74) is 14.1. The number of hydrogen-bond donors (Lipinski definition) is 0. The first kappa shape index (κ1) is 47.2. The van der Waals surface area contributed by atoms with E-state index in [1.54, 1.807) is 0 Å². The topological polar surface area (TPSA) is 6.48 Å². The van der Waals surface area contributed by atoms with Crippen LogP contribution in [0.2, 0.25) is 0 Å². The van der Waals surface area contributed by atoms with Crippen molar-refractivity contribution in [3.8, 4) is 33.4 Å². The van der Waals surface area contributed by atoms with Crippen molar-refractivity contribution in [2.45, 2.75) is 0 Å². The molecular formula is C80H52N2. The molecule has 0 fully saturated rings. The summed E-state index contributed by atoms with van der Waals surface area (Å²) in [6, 6.07) is 116. The highest BCUT2D eigenvalue weighted by atomic mass is 15.1. The molecule has 2 heteroatoms. The van der Waals surface area contributed by atoms with Gasteiger partial charge in [-0.15, -0.1) is 0 Å². The fourth-order valence-electron chi connectivity index (χ4n) is 13.1. The first-order valence-electron chi connectivity index (χ1n) is 28.3. The van der Waals surface area contributed by atoms with Gasteiger partial charge in [0.15, 0.2) is 0 Å². The summed E-state index contributed by atoms with van der Waals surface area (Å²) in [5, 5.41) is 19.5. The van der Waals surface area contributed by atoms with Crippen molar-refractivity contribution in [3.63, 3.8) is 0 Å². The minimum Gasteiger partial charge on any atom is -0.310 e. The third kappa shape index (κ3) is 7.95. The van der Waals surface area contributed by atoms with Gasteiger partial charge in [-0.25, -0.2) is 0 Å². The third-order valence-corrected chi connectivity index (χ3v) is 16.9. The van der Waals surface area contributed by atoms with Crippen LogP contribution in [0.1, 0.15) is 0 Å². The van der Waals surface area contributed by atoms with Gasteiger partial charge in [-0.2, -0.15) is 0 Å². The monoisotopic (exact) mass is 1040 g/mol. The molecule has 0 aliphatic carbocycles. The van der Waals surface area contributed by atoms with Crippen molar-refractivity contribution in [1.82, 2.24) is 0 Å². The summed E-state index contributed by atoms with van der Waals surface area (Å²) in [5.74, 6) is 0.